The van der Waals surface area contributed by atoms with E-state index in [-0.39, 0.29) is 29.1 Å². The molecule has 0 radical (unpaired) electrons. The number of nitrogens with one attached hydrogen (secondary N) is 1. The maximum atomic E-state index is 13.2. The Kier molecular flexibility index (Phi) is 4.90. The first-order valence-corrected chi connectivity index (χ1v) is 6.95. The molecule has 1 amide bonds. The molecule has 21 heavy (non-hydrogen) atoms. The van der Waals surface area contributed by atoms with Gasteiger partial charge in [0.2, 0.25) is 5.91 Å². The first-order valence-electron chi connectivity index (χ1n) is 6.95. The average Bonchev–Trinajstić information content (AvgIpc) is 2.48. The molecule has 0 bridgehead atoms. The largest absolute Gasteiger partial charge is 0.465 e. The van der Waals surface area contributed by atoms with Crippen LogP contribution in [0, 0.1) is 11.7 Å². The molecule has 0 atom stereocenters. The van der Waals surface area contributed by atoms with Gasteiger partial charge >= 0.3 is 5.97 Å². The van der Waals surface area contributed by atoms with Gasteiger partial charge in [-0.05, 0) is 43.9 Å². The van der Waals surface area contributed by atoms with E-state index >= 15 is 0 Å². The molecule has 0 heterocycles. The molecule has 1 fully saturated rings. The fourth-order valence-corrected chi connectivity index (χ4v) is 2.52. The van der Waals surface area contributed by atoms with Gasteiger partial charge in [0.05, 0.1) is 18.4 Å². The molecule has 1 aromatic carbocycles. The number of benzene rings is 1. The average molecular weight is 294 g/mol. The molecule has 5 nitrogen and oxygen atoms in total. The minimum atomic E-state index is -0.685. The number of hydrogen-bond acceptors (Lipinski definition) is 4. The lowest BCUT2D eigenvalue weighted by molar-refractivity contribution is -0.120. The van der Waals surface area contributed by atoms with E-state index in [9.17, 15) is 14.0 Å². The smallest absolute Gasteiger partial charge is 0.340 e. The Morgan fingerprint density at radius 1 is 1.29 bits per heavy atom. The molecule has 3 N–H and O–H groups in total. The Balaban J connectivity index is 2.12. The summed E-state index contributed by atoms with van der Waals surface area (Å²) < 4.78 is 17.8. The van der Waals surface area contributed by atoms with Crippen LogP contribution in [0.5, 0.6) is 0 Å². The van der Waals surface area contributed by atoms with Gasteiger partial charge in [0, 0.05) is 12.0 Å². The van der Waals surface area contributed by atoms with Gasteiger partial charge in [-0.15, -0.1) is 0 Å². The van der Waals surface area contributed by atoms with Gasteiger partial charge in [-0.3, -0.25) is 4.79 Å². The summed E-state index contributed by atoms with van der Waals surface area (Å²) in [4.78, 5) is 23.9. The predicted molar refractivity (Wildman–Crippen MR) is 76.3 cm³/mol. The van der Waals surface area contributed by atoms with Crippen LogP contribution in [-0.2, 0) is 9.53 Å². The number of ether oxygens (including phenoxy) is 1. The highest BCUT2D eigenvalue weighted by atomic mass is 19.1. The van der Waals surface area contributed by atoms with Crippen molar-refractivity contribution < 1.29 is 18.7 Å². The first-order chi connectivity index (χ1) is 10.0. The number of carbonyl (C=O) groups excluding carboxylic acids is 2. The minimum Gasteiger partial charge on any atom is -0.465 e. The molecule has 6 heteroatoms. The summed E-state index contributed by atoms with van der Waals surface area (Å²) in [7, 11) is 1.21. The molecule has 1 saturated carbocycles. The number of methoxy groups -OCH3 is 1. The number of anilines is 1. The number of rotatable bonds is 3. The van der Waals surface area contributed by atoms with Crippen LogP contribution >= 0.6 is 0 Å². The highest BCUT2D eigenvalue weighted by Crippen LogP contribution is 2.26. The molecule has 0 aromatic heterocycles. The molecule has 1 aliphatic rings. The van der Waals surface area contributed by atoms with Crippen LogP contribution in [0.3, 0.4) is 0 Å². The lowest BCUT2D eigenvalue weighted by Gasteiger charge is -2.25. The lowest BCUT2D eigenvalue weighted by atomic mass is 9.86. The number of esters is 1. The van der Waals surface area contributed by atoms with Crippen molar-refractivity contribution in [1.29, 1.82) is 0 Å². The number of hydrogen-bond donors (Lipinski definition) is 2. The topological polar surface area (TPSA) is 81.4 Å². The Bertz CT molecular complexity index is 540. The van der Waals surface area contributed by atoms with E-state index < -0.39 is 11.8 Å². The maximum Gasteiger partial charge on any atom is 0.340 e. The summed E-state index contributed by atoms with van der Waals surface area (Å²) in [6, 6.07) is 3.77. The molecule has 114 valence electrons. The highest BCUT2D eigenvalue weighted by molar-refractivity contribution is 6.01. The van der Waals surface area contributed by atoms with E-state index in [4.69, 9.17) is 5.73 Å². The van der Waals surface area contributed by atoms with E-state index in [1.807, 2.05) is 0 Å². The molecular formula is C15H19FN2O3. The predicted octanol–water partition coefficient (Wildman–Crippen LogP) is 2.07. The van der Waals surface area contributed by atoms with Gasteiger partial charge < -0.3 is 15.8 Å². The minimum absolute atomic E-state index is 0.0124. The second-order valence-corrected chi connectivity index (χ2v) is 5.28. The van der Waals surface area contributed by atoms with E-state index in [1.54, 1.807) is 0 Å². The van der Waals surface area contributed by atoms with Gasteiger partial charge in [0.1, 0.15) is 5.82 Å². The maximum absolute atomic E-state index is 13.2. The van der Waals surface area contributed by atoms with Crippen LogP contribution in [0.2, 0.25) is 0 Å². The third-order valence-electron chi connectivity index (χ3n) is 3.79. The third-order valence-corrected chi connectivity index (χ3v) is 3.79. The molecule has 1 aliphatic carbocycles. The quantitative estimate of drug-likeness (QED) is 0.836. The summed E-state index contributed by atoms with van der Waals surface area (Å²) in [5.74, 6) is -1.54. The van der Waals surface area contributed by atoms with E-state index in [0.717, 1.165) is 31.7 Å². The van der Waals surface area contributed by atoms with Gasteiger partial charge in [0.15, 0.2) is 0 Å². The standard InChI is InChI=1S/C15H19FN2O3/c1-21-15(20)12-8-10(16)4-7-13(12)18-14(19)9-2-5-11(17)6-3-9/h4,7-9,11H,2-3,5-6,17H2,1H3,(H,18,19). The zero-order valence-corrected chi connectivity index (χ0v) is 11.9. The van der Waals surface area contributed by atoms with Crippen LogP contribution in [0.4, 0.5) is 10.1 Å². The van der Waals surface area contributed by atoms with Crippen molar-refractivity contribution in [3.63, 3.8) is 0 Å². The summed E-state index contributed by atoms with van der Waals surface area (Å²) in [5.41, 5.74) is 6.09. The van der Waals surface area contributed by atoms with Crippen LogP contribution in [-0.4, -0.2) is 25.0 Å². The fraction of sp³-hybridized carbons (Fsp3) is 0.467. The number of nitrogens with two attached hydrogens (primary N) is 1. The molecule has 1 aromatic rings. The van der Waals surface area contributed by atoms with Crippen molar-refractivity contribution >= 4 is 17.6 Å². The van der Waals surface area contributed by atoms with Gasteiger partial charge in [-0.1, -0.05) is 0 Å². The SMILES string of the molecule is COC(=O)c1cc(F)ccc1NC(=O)C1CCC(N)CC1. The molecular weight excluding hydrogens is 275 g/mol. The van der Waals surface area contributed by atoms with Crippen LogP contribution in [0.25, 0.3) is 0 Å². The van der Waals surface area contributed by atoms with Gasteiger partial charge in [0.25, 0.3) is 0 Å². The zero-order valence-electron chi connectivity index (χ0n) is 11.9. The van der Waals surface area contributed by atoms with Crippen molar-refractivity contribution in [2.45, 2.75) is 31.7 Å². The van der Waals surface area contributed by atoms with Gasteiger partial charge in [-0.25, -0.2) is 9.18 Å². The Morgan fingerprint density at radius 3 is 2.57 bits per heavy atom. The van der Waals surface area contributed by atoms with Crippen molar-refractivity contribution in [1.82, 2.24) is 0 Å². The molecule has 0 unspecified atom stereocenters. The van der Waals surface area contributed by atoms with Crippen molar-refractivity contribution in [3.05, 3.63) is 29.6 Å². The summed E-state index contributed by atoms with van der Waals surface area (Å²) in [6.45, 7) is 0. The number of amides is 1. The van der Waals surface area contributed by atoms with E-state index in [0.29, 0.717) is 0 Å². The normalized spacial score (nSPS) is 21.7. The van der Waals surface area contributed by atoms with E-state index in [1.165, 1.54) is 19.2 Å². The summed E-state index contributed by atoms with van der Waals surface area (Å²) in [5, 5.41) is 2.69. The Labute approximate surface area is 122 Å². The second kappa shape index (κ2) is 6.67. The van der Waals surface area contributed by atoms with Crippen LogP contribution < -0.4 is 11.1 Å². The zero-order chi connectivity index (χ0) is 15.4. The molecule has 0 saturated heterocycles. The Hall–Kier alpha value is -1.95. The third kappa shape index (κ3) is 3.78. The van der Waals surface area contributed by atoms with Crippen molar-refractivity contribution in [3.8, 4) is 0 Å². The molecule has 2 rings (SSSR count). The van der Waals surface area contributed by atoms with Crippen molar-refractivity contribution in [2.75, 3.05) is 12.4 Å². The van der Waals surface area contributed by atoms with Crippen LogP contribution in [0.1, 0.15) is 36.0 Å². The monoisotopic (exact) mass is 294 g/mol. The lowest BCUT2D eigenvalue weighted by Crippen LogP contribution is -2.32. The highest BCUT2D eigenvalue weighted by Gasteiger charge is 2.25. The van der Waals surface area contributed by atoms with Crippen molar-refractivity contribution in [2.24, 2.45) is 11.7 Å². The van der Waals surface area contributed by atoms with E-state index in [2.05, 4.69) is 10.1 Å². The molecule has 0 spiro atoms. The second-order valence-electron chi connectivity index (χ2n) is 5.28. The summed E-state index contributed by atoms with van der Waals surface area (Å²) >= 11 is 0. The van der Waals surface area contributed by atoms with Gasteiger partial charge in [-0.2, -0.15) is 0 Å². The first kappa shape index (κ1) is 15.4. The number of carbonyl (C=O) groups is 2. The number of halogens is 1. The summed E-state index contributed by atoms with van der Waals surface area (Å²) in [6.07, 6.45) is 3.07. The fourth-order valence-electron chi connectivity index (χ4n) is 2.52. The Morgan fingerprint density at radius 2 is 1.95 bits per heavy atom. The molecule has 0 aliphatic heterocycles. The van der Waals surface area contributed by atoms with Crippen LogP contribution in [0.15, 0.2) is 18.2 Å².